The Kier molecular flexibility index (Phi) is 5.24. The molecule has 0 amide bonds. The summed E-state index contributed by atoms with van der Waals surface area (Å²) in [5, 5.41) is 1.64. The Balaban J connectivity index is 1.78. The van der Waals surface area contributed by atoms with E-state index in [9.17, 15) is 4.79 Å². The average molecular weight is 397 g/mol. The van der Waals surface area contributed by atoms with E-state index >= 15 is 0 Å². The zero-order valence-electron chi connectivity index (χ0n) is 15.8. The lowest BCUT2D eigenvalue weighted by atomic mass is 9.89. The highest BCUT2D eigenvalue weighted by Crippen LogP contribution is 2.36. The van der Waals surface area contributed by atoms with Crippen LogP contribution in [0.25, 0.3) is 10.2 Å². The van der Waals surface area contributed by atoms with Gasteiger partial charge in [-0.1, -0.05) is 49.0 Å². The van der Waals surface area contributed by atoms with Gasteiger partial charge in [-0.3, -0.25) is 9.36 Å². The fraction of sp³-hybridized carbons (Fsp3) is 0.364. The highest BCUT2D eigenvalue weighted by Gasteiger charge is 2.24. The smallest absolute Gasteiger partial charge is 0.263 e. The fourth-order valence-electron chi connectivity index (χ4n) is 3.72. The molecule has 1 aliphatic rings. The molecule has 1 aliphatic carbocycles. The third kappa shape index (κ3) is 3.50. The van der Waals surface area contributed by atoms with E-state index in [1.54, 1.807) is 33.7 Å². The molecule has 2 aromatic heterocycles. The molecule has 0 unspecified atom stereocenters. The lowest BCUT2D eigenvalue weighted by molar-refractivity contribution is 0.509. The largest absolute Gasteiger partial charge is 0.283 e. The number of rotatable bonds is 5. The van der Waals surface area contributed by atoms with Crippen LogP contribution >= 0.6 is 23.1 Å². The Hall–Kier alpha value is -1.85. The Morgan fingerprint density at radius 2 is 2.22 bits per heavy atom. The maximum absolute atomic E-state index is 13.3. The molecule has 1 aromatic carbocycles. The van der Waals surface area contributed by atoms with Crippen molar-refractivity contribution in [2.45, 2.75) is 50.6 Å². The lowest BCUT2D eigenvalue weighted by Gasteiger charge is -2.17. The fourth-order valence-corrected chi connectivity index (χ4v) is 6.23. The second-order valence-electron chi connectivity index (χ2n) is 7.35. The van der Waals surface area contributed by atoms with E-state index in [1.807, 2.05) is 0 Å². The maximum Gasteiger partial charge on any atom is 0.263 e. The van der Waals surface area contributed by atoms with Gasteiger partial charge in [0, 0.05) is 17.2 Å². The third-order valence-electron chi connectivity index (χ3n) is 5.31. The van der Waals surface area contributed by atoms with Gasteiger partial charge >= 0.3 is 0 Å². The molecule has 0 saturated carbocycles. The van der Waals surface area contributed by atoms with Gasteiger partial charge in [0.1, 0.15) is 4.83 Å². The molecule has 0 N–H and O–H groups in total. The van der Waals surface area contributed by atoms with E-state index in [4.69, 9.17) is 4.98 Å². The molecular weight excluding hydrogens is 372 g/mol. The molecule has 5 heteroatoms. The minimum Gasteiger partial charge on any atom is -0.283 e. The number of aryl methyl sites for hydroxylation is 2. The zero-order chi connectivity index (χ0) is 19.0. The summed E-state index contributed by atoms with van der Waals surface area (Å²) in [5.41, 5.74) is 3.89. The molecule has 0 spiro atoms. The van der Waals surface area contributed by atoms with E-state index in [1.165, 1.54) is 21.6 Å². The number of nitrogens with zero attached hydrogens (tertiary/aromatic N) is 2. The van der Waals surface area contributed by atoms with Crippen LogP contribution in [0.1, 0.15) is 34.9 Å². The number of thioether (sulfide) groups is 1. The predicted molar refractivity (Wildman–Crippen MR) is 116 cm³/mol. The van der Waals surface area contributed by atoms with Crippen molar-refractivity contribution >= 4 is 33.3 Å². The van der Waals surface area contributed by atoms with Crippen molar-refractivity contribution in [3.63, 3.8) is 0 Å². The summed E-state index contributed by atoms with van der Waals surface area (Å²) in [6, 6.07) is 8.38. The minimum atomic E-state index is 0.0965. The van der Waals surface area contributed by atoms with Crippen molar-refractivity contribution in [2.24, 2.45) is 5.92 Å². The van der Waals surface area contributed by atoms with Gasteiger partial charge in [-0.15, -0.1) is 17.9 Å². The minimum absolute atomic E-state index is 0.0965. The van der Waals surface area contributed by atoms with Crippen molar-refractivity contribution in [1.29, 1.82) is 0 Å². The summed E-state index contributed by atoms with van der Waals surface area (Å²) in [6.45, 7) is 8.76. The molecule has 3 aromatic rings. The first-order valence-corrected chi connectivity index (χ1v) is 11.2. The SMILES string of the molecule is C=CCn1c(SCc2ccccc2C)nc2sc3c(c2c1=O)CC[C@@H](C)C3. The van der Waals surface area contributed by atoms with Gasteiger partial charge in [-0.05, 0) is 48.8 Å². The van der Waals surface area contributed by atoms with E-state index in [0.29, 0.717) is 12.5 Å². The van der Waals surface area contributed by atoms with E-state index in [0.717, 1.165) is 40.4 Å². The highest BCUT2D eigenvalue weighted by molar-refractivity contribution is 7.98. The first kappa shape index (κ1) is 18.5. The summed E-state index contributed by atoms with van der Waals surface area (Å²) in [5.74, 6) is 1.50. The van der Waals surface area contributed by atoms with Crippen LogP contribution in [-0.4, -0.2) is 9.55 Å². The summed E-state index contributed by atoms with van der Waals surface area (Å²) in [4.78, 5) is 20.5. The van der Waals surface area contributed by atoms with E-state index in [2.05, 4.69) is 44.7 Å². The van der Waals surface area contributed by atoms with Crippen LogP contribution in [0.4, 0.5) is 0 Å². The maximum atomic E-state index is 13.3. The molecule has 2 heterocycles. The van der Waals surface area contributed by atoms with Crippen LogP contribution in [0, 0.1) is 12.8 Å². The number of fused-ring (bicyclic) bond motifs is 3. The molecule has 3 nitrogen and oxygen atoms in total. The van der Waals surface area contributed by atoms with Gasteiger partial charge in [0.25, 0.3) is 5.56 Å². The Morgan fingerprint density at radius 3 is 3.00 bits per heavy atom. The number of hydrogen-bond acceptors (Lipinski definition) is 4. The number of hydrogen-bond donors (Lipinski definition) is 0. The predicted octanol–water partition coefficient (Wildman–Crippen LogP) is 5.37. The van der Waals surface area contributed by atoms with Gasteiger partial charge in [-0.25, -0.2) is 4.98 Å². The monoisotopic (exact) mass is 396 g/mol. The third-order valence-corrected chi connectivity index (χ3v) is 7.48. The number of thiophene rings is 1. The molecule has 0 fully saturated rings. The first-order chi connectivity index (χ1) is 13.1. The number of benzene rings is 1. The Morgan fingerprint density at radius 1 is 1.41 bits per heavy atom. The van der Waals surface area contributed by atoms with Crippen LogP contribution in [0.3, 0.4) is 0 Å². The molecule has 0 saturated heterocycles. The summed E-state index contributed by atoms with van der Waals surface area (Å²) in [6.07, 6.45) is 5.01. The second kappa shape index (κ2) is 7.64. The van der Waals surface area contributed by atoms with Crippen LogP contribution in [0.2, 0.25) is 0 Å². The molecule has 4 rings (SSSR count). The standard InChI is InChI=1S/C22H24N2OS2/c1-4-11-24-21(25)19-17-10-9-14(2)12-18(17)27-20(19)23-22(24)26-13-16-8-6-5-7-15(16)3/h4-8,14H,1,9-13H2,2-3H3/t14-/m1/s1. The molecule has 0 aliphatic heterocycles. The van der Waals surface area contributed by atoms with Crippen molar-refractivity contribution in [2.75, 3.05) is 0 Å². The van der Waals surface area contributed by atoms with Crippen molar-refractivity contribution < 1.29 is 0 Å². The number of aromatic nitrogens is 2. The molecular formula is C22H24N2OS2. The van der Waals surface area contributed by atoms with Crippen molar-refractivity contribution in [3.8, 4) is 0 Å². The average Bonchev–Trinajstić information content (AvgIpc) is 3.01. The summed E-state index contributed by atoms with van der Waals surface area (Å²) in [7, 11) is 0. The quantitative estimate of drug-likeness (QED) is 0.330. The highest BCUT2D eigenvalue weighted by atomic mass is 32.2. The van der Waals surface area contributed by atoms with E-state index < -0.39 is 0 Å². The van der Waals surface area contributed by atoms with Gasteiger partial charge in [0.15, 0.2) is 5.16 Å². The van der Waals surface area contributed by atoms with Gasteiger partial charge in [0.05, 0.1) is 5.39 Å². The van der Waals surface area contributed by atoms with Gasteiger partial charge in [-0.2, -0.15) is 0 Å². The summed E-state index contributed by atoms with van der Waals surface area (Å²) >= 11 is 3.36. The van der Waals surface area contributed by atoms with Crippen LogP contribution in [0.15, 0.2) is 46.9 Å². The Bertz CT molecular complexity index is 1060. The molecule has 1 atom stereocenters. The van der Waals surface area contributed by atoms with Gasteiger partial charge in [0.2, 0.25) is 0 Å². The molecule has 27 heavy (non-hydrogen) atoms. The second-order valence-corrected chi connectivity index (χ2v) is 9.37. The molecule has 0 bridgehead atoms. The lowest BCUT2D eigenvalue weighted by Crippen LogP contribution is -2.23. The van der Waals surface area contributed by atoms with Crippen molar-refractivity contribution in [3.05, 3.63) is 68.8 Å². The zero-order valence-corrected chi connectivity index (χ0v) is 17.5. The van der Waals surface area contributed by atoms with E-state index in [-0.39, 0.29) is 5.56 Å². The van der Waals surface area contributed by atoms with Crippen LogP contribution < -0.4 is 5.56 Å². The molecule has 140 valence electrons. The first-order valence-electron chi connectivity index (χ1n) is 9.41. The molecule has 0 radical (unpaired) electrons. The normalized spacial score (nSPS) is 16.4. The Labute approximate surface area is 168 Å². The topological polar surface area (TPSA) is 34.9 Å². The summed E-state index contributed by atoms with van der Waals surface area (Å²) < 4.78 is 1.79. The van der Waals surface area contributed by atoms with Crippen LogP contribution in [-0.2, 0) is 25.1 Å². The number of allylic oxidation sites excluding steroid dienone is 1. The van der Waals surface area contributed by atoms with Crippen LogP contribution in [0.5, 0.6) is 0 Å². The van der Waals surface area contributed by atoms with Gasteiger partial charge < -0.3 is 0 Å². The van der Waals surface area contributed by atoms with Crippen molar-refractivity contribution in [1.82, 2.24) is 9.55 Å².